The predicted molar refractivity (Wildman–Crippen MR) is 99.3 cm³/mol. The van der Waals surface area contributed by atoms with Crippen LogP contribution < -0.4 is 5.32 Å². The smallest absolute Gasteiger partial charge is 0.309 e. The summed E-state index contributed by atoms with van der Waals surface area (Å²) in [5.74, 6) is -1.70. The van der Waals surface area contributed by atoms with Gasteiger partial charge in [-0.05, 0) is 38.0 Å². The summed E-state index contributed by atoms with van der Waals surface area (Å²) in [4.78, 5) is 38.5. The van der Waals surface area contributed by atoms with Crippen LogP contribution in [0.15, 0.2) is 24.3 Å². The molecule has 1 unspecified atom stereocenters. The Bertz CT molecular complexity index is 706. The molecule has 1 saturated heterocycles. The van der Waals surface area contributed by atoms with E-state index in [1.54, 1.807) is 11.0 Å². The standard InChI is InChI=1S/C20H27FN2O4/c1-13(17(24)22-16-7-5-6-15(21)12-16)27-18(25)14-8-10-23(11-9-14)19(26)20(2,3)4/h5-7,12-14H,8-11H2,1-4H3,(H,22,24). The predicted octanol–water partition coefficient (Wildman–Crippen LogP) is 2.98. The van der Waals surface area contributed by atoms with Crippen LogP contribution in [-0.2, 0) is 19.1 Å². The Labute approximate surface area is 159 Å². The first-order valence-corrected chi connectivity index (χ1v) is 9.14. The summed E-state index contributed by atoms with van der Waals surface area (Å²) < 4.78 is 18.4. The van der Waals surface area contributed by atoms with Crippen LogP contribution in [-0.4, -0.2) is 41.9 Å². The van der Waals surface area contributed by atoms with Crippen LogP contribution in [0, 0.1) is 17.2 Å². The molecule has 0 aliphatic carbocycles. The van der Waals surface area contributed by atoms with E-state index < -0.39 is 29.2 Å². The number of hydrogen-bond acceptors (Lipinski definition) is 4. The zero-order valence-electron chi connectivity index (χ0n) is 16.3. The minimum atomic E-state index is -0.991. The highest BCUT2D eigenvalue weighted by molar-refractivity contribution is 5.95. The van der Waals surface area contributed by atoms with Crippen molar-refractivity contribution in [2.75, 3.05) is 18.4 Å². The molecule has 7 heteroatoms. The normalized spacial score (nSPS) is 16.6. The first-order valence-electron chi connectivity index (χ1n) is 9.14. The maximum Gasteiger partial charge on any atom is 0.309 e. The Balaban J connectivity index is 1.83. The monoisotopic (exact) mass is 378 g/mol. The Morgan fingerprint density at radius 1 is 1.22 bits per heavy atom. The Morgan fingerprint density at radius 2 is 1.85 bits per heavy atom. The Morgan fingerprint density at radius 3 is 2.41 bits per heavy atom. The van der Waals surface area contributed by atoms with Crippen molar-refractivity contribution in [1.29, 1.82) is 0 Å². The topological polar surface area (TPSA) is 75.7 Å². The first kappa shape index (κ1) is 20.9. The number of esters is 1. The second kappa shape index (κ2) is 8.50. The summed E-state index contributed by atoms with van der Waals surface area (Å²) in [6, 6.07) is 5.50. The van der Waals surface area contributed by atoms with Gasteiger partial charge in [-0.3, -0.25) is 14.4 Å². The minimum Gasteiger partial charge on any atom is -0.452 e. The van der Waals surface area contributed by atoms with Gasteiger partial charge >= 0.3 is 5.97 Å². The van der Waals surface area contributed by atoms with Gasteiger partial charge in [0.1, 0.15) is 5.82 Å². The summed E-state index contributed by atoms with van der Waals surface area (Å²) in [6.07, 6.45) is 0.0348. The Kier molecular flexibility index (Phi) is 6.57. The summed E-state index contributed by atoms with van der Waals surface area (Å²) in [5.41, 5.74) is -0.145. The zero-order valence-corrected chi connectivity index (χ0v) is 16.3. The molecule has 0 aromatic heterocycles. The summed E-state index contributed by atoms with van der Waals surface area (Å²) in [5, 5.41) is 2.52. The van der Waals surface area contributed by atoms with Crippen LogP contribution in [0.4, 0.5) is 10.1 Å². The quantitative estimate of drug-likeness (QED) is 0.818. The lowest BCUT2D eigenvalue weighted by Gasteiger charge is -2.35. The van der Waals surface area contributed by atoms with E-state index in [0.29, 0.717) is 31.6 Å². The lowest BCUT2D eigenvalue weighted by Crippen LogP contribution is -2.45. The number of nitrogens with one attached hydrogen (secondary N) is 1. The van der Waals surface area contributed by atoms with Crippen molar-refractivity contribution >= 4 is 23.5 Å². The van der Waals surface area contributed by atoms with Crippen LogP contribution in [0.3, 0.4) is 0 Å². The summed E-state index contributed by atoms with van der Waals surface area (Å²) >= 11 is 0. The van der Waals surface area contributed by atoms with Crippen LogP contribution in [0.25, 0.3) is 0 Å². The molecule has 1 aliphatic heterocycles. The number of ether oxygens (including phenoxy) is 1. The summed E-state index contributed by atoms with van der Waals surface area (Å²) in [7, 11) is 0. The van der Waals surface area contributed by atoms with Gasteiger partial charge in [-0.2, -0.15) is 0 Å². The highest BCUT2D eigenvalue weighted by atomic mass is 19.1. The number of carbonyl (C=O) groups is 3. The molecule has 1 N–H and O–H groups in total. The average Bonchev–Trinajstić information content (AvgIpc) is 2.60. The zero-order chi connectivity index (χ0) is 20.2. The summed E-state index contributed by atoms with van der Waals surface area (Å²) in [6.45, 7) is 8.09. The van der Waals surface area contributed by atoms with E-state index in [2.05, 4.69) is 5.32 Å². The Hall–Kier alpha value is -2.44. The minimum absolute atomic E-state index is 0.0668. The van der Waals surface area contributed by atoms with E-state index in [0.717, 1.165) is 0 Å². The third-order valence-electron chi connectivity index (χ3n) is 4.51. The molecule has 6 nitrogen and oxygen atoms in total. The van der Waals surface area contributed by atoms with Crippen molar-refractivity contribution in [1.82, 2.24) is 4.90 Å². The highest BCUT2D eigenvalue weighted by Crippen LogP contribution is 2.24. The molecule has 27 heavy (non-hydrogen) atoms. The second-order valence-electron chi connectivity index (χ2n) is 7.90. The van der Waals surface area contributed by atoms with Crippen molar-refractivity contribution in [3.05, 3.63) is 30.1 Å². The fourth-order valence-electron chi connectivity index (χ4n) is 2.93. The van der Waals surface area contributed by atoms with Gasteiger partial charge in [-0.25, -0.2) is 4.39 Å². The van der Waals surface area contributed by atoms with Gasteiger partial charge < -0.3 is 15.0 Å². The number of nitrogens with zero attached hydrogens (tertiary/aromatic N) is 1. The van der Waals surface area contributed by atoms with Crippen LogP contribution >= 0.6 is 0 Å². The number of carbonyl (C=O) groups excluding carboxylic acids is 3. The fraction of sp³-hybridized carbons (Fsp3) is 0.550. The number of piperidine rings is 1. The molecule has 0 radical (unpaired) electrons. The lowest BCUT2D eigenvalue weighted by molar-refractivity contribution is -0.160. The molecule has 1 aromatic carbocycles. The number of likely N-dealkylation sites (tertiary alicyclic amines) is 1. The van der Waals surface area contributed by atoms with Gasteiger partial charge in [0.15, 0.2) is 6.10 Å². The maximum absolute atomic E-state index is 13.2. The number of benzene rings is 1. The molecule has 1 aromatic rings. The van der Waals surface area contributed by atoms with Crippen LogP contribution in [0.1, 0.15) is 40.5 Å². The molecule has 148 valence electrons. The van der Waals surface area contributed by atoms with Crippen molar-refractivity contribution in [3.63, 3.8) is 0 Å². The van der Waals surface area contributed by atoms with Crippen LogP contribution in [0.2, 0.25) is 0 Å². The number of halogens is 1. The van der Waals surface area contributed by atoms with Gasteiger partial charge in [0.05, 0.1) is 5.92 Å². The molecule has 2 rings (SSSR count). The van der Waals surface area contributed by atoms with Crippen molar-refractivity contribution in [2.24, 2.45) is 11.3 Å². The number of anilines is 1. The van der Waals surface area contributed by atoms with E-state index >= 15 is 0 Å². The molecule has 1 aliphatic rings. The van der Waals surface area contributed by atoms with Crippen molar-refractivity contribution < 1.29 is 23.5 Å². The largest absolute Gasteiger partial charge is 0.452 e. The molecule has 1 atom stereocenters. The van der Waals surface area contributed by atoms with E-state index in [9.17, 15) is 18.8 Å². The molecular formula is C20H27FN2O4. The molecule has 0 bridgehead atoms. The van der Waals surface area contributed by atoms with E-state index in [-0.39, 0.29) is 11.8 Å². The van der Waals surface area contributed by atoms with Gasteiger partial charge in [-0.1, -0.05) is 26.8 Å². The average molecular weight is 378 g/mol. The van der Waals surface area contributed by atoms with Crippen molar-refractivity contribution in [2.45, 2.75) is 46.6 Å². The fourth-order valence-corrected chi connectivity index (χ4v) is 2.93. The van der Waals surface area contributed by atoms with Gasteiger partial charge in [0.2, 0.25) is 5.91 Å². The maximum atomic E-state index is 13.2. The molecule has 0 spiro atoms. The van der Waals surface area contributed by atoms with E-state index in [1.165, 1.54) is 25.1 Å². The highest BCUT2D eigenvalue weighted by Gasteiger charge is 2.33. The lowest BCUT2D eigenvalue weighted by atomic mass is 9.91. The van der Waals surface area contributed by atoms with Crippen LogP contribution in [0.5, 0.6) is 0 Å². The molecule has 2 amide bonds. The molecule has 0 saturated carbocycles. The van der Waals surface area contributed by atoms with E-state index in [4.69, 9.17) is 4.74 Å². The molecule has 1 fully saturated rings. The van der Waals surface area contributed by atoms with E-state index in [1.807, 2.05) is 20.8 Å². The molecule has 1 heterocycles. The first-order chi connectivity index (χ1) is 12.6. The SMILES string of the molecule is CC(OC(=O)C1CCN(C(=O)C(C)(C)C)CC1)C(=O)Nc1cccc(F)c1. The molecular weight excluding hydrogens is 351 g/mol. The van der Waals surface area contributed by atoms with Gasteiger partial charge in [0, 0.05) is 24.2 Å². The third-order valence-corrected chi connectivity index (χ3v) is 4.51. The van der Waals surface area contributed by atoms with Crippen molar-refractivity contribution in [3.8, 4) is 0 Å². The number of amides is 2. The third kappa shape index (κ3) is 5.77. The number of hydrogen-bond donors (Lipinski definition) is 1. The van der Waals surface area contributed by atoms with Gasteiger partial charge in [-0.15, -0.1) is 0 Å². The van der Waals surface area contributed by atoms with Gasteiger partial charge in [0.25, 0.3) is 5.91 Å². The number of rotatable bonds is 4. The second-order valence-corrected chi connectivity index (χ2v) is 7.90.